The zero-order valence-electron chi connectivity index (χ0n) is 17.7. The quantitative estimate of drug-likeness (QED) is 0.391. The Balaban J connectivity index is 1.59. The summed E-state index contributed by atoms with van der Waals surface area (Å²) < 4.78 is 88.1. The third-order valence-corrected chi connectivity index (χ3v) is 8.48. The lowest BCUT2D eigenvalue weighted by Crippen LogP contribution is -2.53. The van der Waals surface area contributed by atoms with E-state index in [1.165, 1.54) is 0 Å². The molecule has 0 aromatic rings. The van der Waals surface area contributed by atoms with Crippen molar-refractivity contribution in [2.45, 2.75) is 109 Å². The molecule has 0 aromatic carbocycles. The second-order valence-corrected chi connectivity index (χ2v) is 10.1. The molecule has 0 spiro atoms. The van der Waals surface area contributed by atoms with Crippen LogP contribution >= 0.6 is 0 Å². The first-order valence-electron chi connectivity index (χ1n) is 11.6. The smallest absolute Gasteiger partial charge is 0.244 e. The fraction of sp³-hybridized carbons (Fsp3) is 1.00. The molecule has 0 radical (unpaired) electrons. The van der Waals surface area contributed by atoms with E-state index in [9.17, 15) is 26.3 Å². The van der Waals surface area contributed by atoms with Crippen LogP contribution in [0.1, 0.15) is 84.5 Å². The van der Waals surface area contributed by atoms with Crippen molar-refractivity contribution in [1.82, 2.24) is 0 Å². The predicted molar refractivity (Wildman–Crippen MR) is 103 cm³/mol. The molecule has 0 bridgehead atoms. The van der Waals surface area contributed by atoms with Crippen molar-refractivity contribution in [3.05, 3.63) is 0 Å². The summed E-state index contributed by atoms with van der Waals surface area (Å²) in [6, 6.07) is 0. The molecular formula is C23H36F6. The molecule has 170 valence electrons. The van der Waals surface area contributed by atoms with Crippen LogP contribution < -0.4 is 0 Å². The molecule has 29 heavy (non-hydrogen) atoms. The van der Waals surface area contributed by atoms with Crippen LogP contribution in [0.3, 0.4) is 0 Å². The minimum absolute atomic E-state index is 0.0205. The van der Waals surface area contributed by atoms with Crippen LogP contribution in [0.25, 0.3) is 0 Å². The van der Waals surface area contributed by atoms with Gasteiger partial charge >= 0.3 is 11.8 Å². The second-order valence-electron chi connectivity index (χ2n) is 10.1. The van der Waals surface area contributed by atoms with Gasteiger partial charge in [-0.15, -0.1) is 0 Å². The Hall–Kier alpha value is -0.420. The first kappa shape index (κ1) is 23.2. The van der Waals surface area contributed by atoms with Crippen molar-refractivity contribution in [2.24, 2.45) is 35.5 Å². The number of hydrogen-bond donors (Lipinski definition) is 0. The van der Waals surface area contributed by atoms with Crippen molar-refractivity contribution >= 4 is 0 Å². The molecule has 0 nitrogen and oxygen atoms in total. The molecule has 6 heteroatoms. The van der Waals surface area contributed by atoms with Crippen LogP contribution in [0.4, 0.5) is 26.3 Å². The minimum atomic E-state index is -4.03. The van der Waals surface area contributed by atoms with Crippen LogP contribution in [-0.2, 0) is 0 Å². The maximum atomic E-state index is 14.9. The Kier molecular flexibility index (Phi) is 7.20. The lowest BCUT2D eigenvalue weighted by Gasteiger charge is -2.44. The van der Waals surface area contributed by atoms with E-state index in [-0.39, 0.29) is 37.5 Å². The van der Waals surface area contributed by atoms with Gasteiger partial charge in [-0.25, -0.2) is 8.78 Å². The van der Waals surface area contributed by atoms with E-state index in [0.29, 0.717) is 44.4 Å². The number of rotatable bonds is 5. The molecule has 0 aromatic heterocycles. The summed E-state index contributed by atoms with van der Waals surface area (Å²) in [6.07, 6.45) is 1.09. The summed E-state index contributed by atoms with van der Waals surface area (Å²) >= 11 is 0. The summed E-state index contributed by atoms with van der Waals surface area (Å²) in [6.45, 7) is 3.71. The summed E-state index contributed by atoms with van der Waals surface area (Å²) in [5.74, 6) is -11.2. The van der Waals surface area contributed by atoms with Crippen molar-refractivity contribution < 1.29 is 26.3 Å². The SMILES string of the molecule is CCC1CCC(C(F)(F)C(F)(F)C2CCC(C3CCC(C)C(F)C3F)CC2)CC1. The van der Waals surface area contributed by atoms with Gasteiger partial charge < -0.3 is 0 Å². The summed E-state index contributed by atoms with van der Waals surface area (Å²) in [4.78, 5) is 0. The lowest BCUT2D eigenvalue weighted by atomic mass is 9.66. The standard InChI is InChI=1S/C23H36F6/c1-3-15-5-9-17(10-6-15)22(26,27)23(28,29)18-11-7-16(8-12-18)19-13-4-14(2)20(24)21(19)25/h14-21H,3-13H2,1-2H3. The Morgan fingerprint density at radius 3 is 1.62 bits per heavy atom. The van der Waals surface area contributed by atoms with Crippen molar-refractivity contribution in [2.75, 3.05) is 0 Å². The van der Waals surface area contributed by atoms with E-state index in [2.05, 4.69) is 0 Å². The van der Waals surface area contributed by atoms with E-state index in [1.807, 2.05) is 6.92 Å². The fourth-order valence-corrected chi connectivity index (χ4v) is 6.21. The van der Waals surface area contributed by atoms with Gasteiger partial charge in [0.25, 0.3) is 0 Å². The van der Waals surface area contributed by atoms with Gasteiger partial charge in [0.15, 0.2) is 0 Å². The molecule has 3 rings (SSSR count). The number of halogens is 6. The maximum absolute atomic E-state index is 14.9. The van der Waals surface area contributed by atoms with Gasteiger partial charge in [-0.3, -0.25) is 0 Å². The highest BCUT2D eigenvalue weighted by molar-refractivity contribution is 4.99. The molecule has 3 saturated carbocycles. The normalized spacial score (nSPS) is 42.6. The van der Waals surface area contributed by atoms with Gasteiger partial charge in [0.2, 0.25) is 0 Å². The average molecular weight is 427 g/mol. The van der Waals surface area contributed by atoms with E-state index in [4.69, 9.17) is 0 Å². The summed E-state index contributed by atoms with van der Waals surface area (Å²) in [5, 5.41) is 0. The van der Waals surface area contributed by atoms with E-state index >= 15 is 0 Å². The van der Waals surface area contributed by atoms with Gasteiger partial charge in [0, 0.05) is 11.8 Å². The number of alkyl halides is 6. The molecule has 0 N–H and O–H groups in total. The highest BCUT2D eigenvalue weighted by Crippen LogP contribution is 2.54. The van der Waals surface area contributed by atoms with Crippen molar-refractivity contribution in [3.63, 3.8) is 0 Å². The highest BCUT2D eigenvalue weighted by atomic mass is 19.3. The van der Waals surface area contributed by atoms with Crippen molar-refractivity contribution in [1.29, 1.82) is 0 Å². The first-order chi connectivity index (χ1) is 13.6. The molecule has 3 fully saturated rings. The van der Waals surface area contributed by atoms with Crippen LogP contribution in [-0.4, -0.2) is 24.2 Å². The van der Waals surface area contributed by atoms with Crippen LogP contribution in [0.15, 0.2) is 0 Å². The second kappa shape index (κ2) is 8.98. The van der Waals surface area contributed by atoms with Gasteiger partial charge in [0.05, 0.1) is 0 Å². The lowest BCUT2D eigenvalue weighted by molar-refractivity contribution is -0.270. The van der Waals surface area contributed by atoms with E-state index in [1.54, 1.807) is 6.92 Å². The topological polar surface area (TPSA) is 0 Å². The van der Waals surface area contributed by atoms with E-state index in [0.717, 1.165) is 6.42 Å². The third-order valence-electron chi connectivity index (χ3n) is 8.48. The van der Waals surface area contributed by atoms with Crippen LogP contribution in [0, 0.1) is 35.5 Å². The molecular weight excluding hydrogens is 390 g/mol. The largest absolute Gasteiger partial charge is 0.313 e. The maximum Gasteiger partial charge on any atom is 0.313 e. The van der Waals surface area contributed by atoms with Crippen LogP contribution in [0.2, 0.25) is 0 Å². The molecule has 4 unspecified atom stereocenters. The Bertz CT molecular complexity index is 519. The molecule has 3 aliphatic carbocycles. The average Bonchev–Trinajstić information content (AvgIpc) is 2.72. The summed E-state index contributed by atoms with van der Waals surface area (Å²) in [5.41, 5.74) is 0. The van der Waals surface area contributed by atoms with Crippen LogP contribution in [0.5, 0.6) is 0 Å². The zero-order valence-corrected chi connectivity index (χ0v) is 17.7. The summed E-state index contributed by atoms with van der Waals surface area (Å²) in [7, 11) is 0. The van der Waals surface area contributed by atoms with Gasteiger partial charge in [-0.2, -0.15) is 17.6 Å². The predicted octanol–water partition coefficient (Wildman–Crippen LogP) is 8.00. The van der Waals surface area contributed by atoms with Crippen molar-refractivity contribution in [3.8, 4) is 0 Å². The Morgan fingerprint density at radius 2 is 1.14 bits per heavy atom. The van der Waals surface area contributed by atoms with Gasteiger partial charge in [-0.05, 0) is 87.9 Å². The monoisotopic (exact) mass is 426 g/mol. The molecule has 0 aliphatic heterocycles. The molecule has 0 saturated heterocycles. The number of hydrogen-bond acceptors (Lipinski definition) is 0. The molecule has 0 amide bonds. The molecule has 3 aliphatic rings. The first-order valence-corrected chi connectivity index (χ1v) is 11.6. The molecule has 4 atom stereocenters. The highest BCUT2D eigenvalue weighted by Gasteiger charge is 2.64. The minimum Gasteiger partial charge on any atom is -0.244 e. The Labute approximate surface area is 171 Å². The van der Waals surface area contributed by atoms with Gasteiger partial charge in [0.1, 0.15) is 12.3 Å². The third kappa shape index (κ3) is 4.46. The van der Waals surface area contributed by atoms with Gasteiger partial charge in [-0.1, -0.05) is 20.3 Å². The van der Waals surface area contributed by atoms with E-state index < -0.39 is 41.9 Å². The fourth-order valence-electron chi connectivity index (χ4n) is 6.21. The molecule has 0 heterocycles. The zero-order chi connectivity index (χ0) is 21.4. The Morgan fingerprint density at radius 1 is 0.655 bits per heavy atom.